The van der Waals surface area contributed by atoms with Gasteiger partial charge in [0, 0.05) is 18.5 Å². The SMILES string of the molecule is C[C@@H]1CC(CO)OC2C1[C@@]1(C)CCC34C[C@@]35CC[C@H](OC3CNCCO3)C(C)(C)[C@@H]5CC[C@H]4[C@]1(C)[C@H]2O. The van der Waals surface area contributed by atoms with Gasteiger partial charge in [-0.25, -0.2) is 0 Å². The first-order chi connectivity index (χ1) is 17.5. The quantitative estimate of drug-likeness (QED) is 0.523. The lowest BCUT2D eigenvalue weighted by Crippen LogP contribution is -2.60. The lowest BCUT2D eigenvalue weighted by atomic mass is 9.41. The molecule has 0 bridgehead atoms. The second kappa shape index (κ2) is 8.16. The van der Waals surface area contributed by atoms with Crippen molar-refractivity contribution in [3.05, 3.63) is 0 Å². The van der Waals surface area contributed by atoms with Crippen LogP contribution in [0.5, 0.6) is 0 Å². The van der Waals surface area contributed by atoms with E-state index in [4.69, 9.17) is 14.2 Å². The van der Waals surface area contributed by atoms with Crippen molar-refractivity contribution in [2.45, 2.75) is 117 Å². The molecule has 3 N–H and O–H groups in total. The molecule has 0 aromatic rings. The largest absolute Gasteiger partial charge is 0.394 e. The summed E-state index contributed by atoms with van der Waals surface area (Å²) in [4.78, 5) is 0. The average molecular weight is 518 g/mol. The molecule has 2 heterocycles. The summed E-state index contributed by atoms with van der Waals surface area (Å²) < 4.78 is 19.1. The van der Waals surface area contributed by atoms with Crippen molar-refractivity contribution in [3.8, 4) is 0 Å². The van der Waals surface area contributed by atoms with Crippen LogP contribution in [0.3, 0.4) is 0 Å². The minimum absolute atomic E-state index is 0.0617. The van der Waals surface area contributed by atoms with E-state index in [0.29, 0.717) is 34.5 Å². The van der Waals surface area contributed by atoms with Gasteiger partial charge in [-0.15, -0.1) is 0 Å². The molecular weight excluding hydrogens is 466 g/mol. The number of aliphatic hydroxyl groups excluding tert-OH is 2. The molecule has 0 radical (unpaired) electrons. The van der Waals surface area contributed by atoms with E-state index in [-0.39, 0.29) is 47.5 Å². The van der Waals surface area contributed by atoms with Gasteiger partial charge in [-0.2, -0.15) is 0 Å². The zero-order valence-electron chi connectivity index (χ0n) is 23.8. The number of rotatable bonds is 3. The van der Waals surface area contributed by atoms with Crippen molar-refractivity contribution in [2.24, 2.45) is 50.7 Å². The molecule has 6 heteroatoms. The van der Waals surface area contributed by atoms with Crippen molar-refractivity contribution >= 4 is 0 Å². The maximum Gasteiger partial charge on any atom is 0.170 e. The average Bonchev–Trinajstić information content (AvgIpc) is 3.51. The van der Waals surface area contributed by atoms with E-state index in [2.05, 4.69) is 39.9 Å². The Kier molecular flexibility index (Phi) is 5.67. The molecule has 37 heavy (non-hydrogen) atoms. The van der Waals surface area contributed by atoms with Crippen LogP contribution < -0.4 is 5.32 Å². The van der Waals surface area contributed by atoms with E-state index in [0.717, 1.165) is 32.5 Å². The first-order valence-electron chi connectivity index (χ1n) is 15.5. The molecule has 13 atom stereocenters. The standard InChI is InChI=1S/C31H51NO5/c1-18-14-19(16-33)36-25-24(18)28(4)10-11-31-17-30(31)9-8-22(37-23-15-32-12-13-35-23)27(2,3)20(30)6-7-21(31)29(28,5)26(25)34/h18-26,32-34H,6-17H2,1-5H3/t18-,19?,20+,21+,22+,23?,24?,25?,26+,28-,29-,30-,31?/m1/s1. The van der Waals surface area contributed by atoms with Gasteiger partial charge in [-0.1, -0.05) is 34.6 Å². The minimum atomic E-state index is -0.445. The smallest absolute Gasteiger partial charge is 0.170 e. The Balaban J connectivity index is 1.18. The van der Waals surface area contributed by atoms with Gasteiger partial charge in [-0.05, 0) is 96.7 Å². The van der Waals surface area contributed by atoms with Gasteiger partial charge in [0.25, 0.3) is 0 Å². The van der Waals surface area contributed by atoms with Crippen molar-refractivity contribution in [1.82, 2.24) is 5.32 Å². The minimum Gasteiger partial charge on any atom is -0.394 e. The Hall–Kier alpha value is -0.240. The number of nitrogens with one attached hydrogen (secondary N) is 1. The van der Waals surface area contributed by atoms with Gasteiger partial charge in [0.2, 0.25) is 0 Å². The van der Waals surface area contributed by atoms with E-state index >= 15 is 0 Å². The van der Waals surface area contributed by atoms with Crippen LogP contribution in [0.25, 0.3) is 0 Å². The van der Waals surface area contributed by atoms with Gasteiger partial charge in [0.15, 0.2) is 6.29 Å². The van der Waals surface area contributed by atoms with Crippen LogP contribution in [0, 0.1) is 50.7 Å². The summed E-state index contributed by atoms with van der Waals surface area (Å²) in [5.74, 6) is 2.08. The van der Waals surface area contributed by atoms with Crippen LogP contribution in [0.15, 0.2) is 0 Å². The molecule has 0 aromatic heterocycles. The first-order valence-corrected chi connectivity index (χ1v) is 15.5. The fourth-order valence-electron chi connectivity index (χ4n) is 12.6. The molecule has 2 spiro atoms. The zero-order valence-corrected chi connectivity index (χ0v) is 23.8. The molecule has 5 aliphatic carbocycles. The third kappa shape index (κ3) is 3.04. The van der Waals surface area contributed by atoms with Crippen LogP contribution >= 0.6 is 0 Å². The molecule has 2 aliphatic heterocycles. The van der Waals surface area contributed by atoms with E-state index in [1.807, 2.05) is 0 Å². The van der Waals surface area contributed by atoms with Crippen LogP contribution in [0.4, 0.5) is 0 Å². The topological polar surface area (TPSA) is 80.2 Å². The van der Waals surface area contributed by atoms with Gasteiger partial charge < -0.3 is 29.7 Å². The summed E-state index contributed by atoms with van der Waals surface area (Å²) in [6.07, 6.45) is 9.02. The third-order valence-corrected chi connectivity index (χ3v) is 14.2. The number of fused-ring (bicyclic) bond motifs is 4. The molecule has 5 unspecified atom stereocenters. The normalized spacial score (nSPS) is 59.9. The van der Waals surface area contributed by atoms with Gasteiger partial charge in [0.1, 0.15) is 0 Å². The molecule has 6 nitrogen and oxygen atoms in total. The van der Waals surface area contributed by atoms with Crippen LogP contribution in [-0.4, -0.2) is 67.2 Å². The number of hydrogen-bond donors (Lipinski definition) is 3. The molecule has 5 saturated carbocycles. The molecular formula is C31H51NO5. The van der Waals surface area contributed by atoms with Crippen LogP contribution in [-0.2, 0) is 14.2 Å². The first kappa shape index (κ1) is 25.7. The highest BCUT2D eigenvalue weighted by atomic mass is 16.7. The number of ether oxygens (including phenoxy) is 3. The summed E-state index contributed by atoms with van der Waals surface area (Å²) in [7, 11) is 0. The highest BCUT2D eigenvalue weighted by molar-refractivity contribution is 5.32. The summed E-state index contributed by atoms with van der Waals surface area (Å²) >= 11 is 0. The van der Waals surface area contributed by atoms with Gasteiger partial charge in [-0.3, -0.25) is 0 Å². The van der Waals surface area contributed by atoms with Crippen LogP contribution in [0.2, 0.25) is 0 Å². The highest BCUT2D eigenvalue weighted by Crippen LogP contribution is 2.89. The monoisotopic (exact) mass is 517 g/mol. The number of hydrogen-bond acceptors (Lipinski definition) is 6. The Morgan fingerprint density at radius 2 is 1.76 bits per heavy atom. The maximum absolute atomic E-state index is 12.1. The van der Waals surface area contributed by atoms with Crippen molar-refractivity contribution in [1.29, 1.82) is 0 Å². The van der Waals surface area contributed by atoms with E-state index < -0.39 is 6.10 Å². The van der Waals surface area contributed by atoms with Crippen molar-refractivity contribution in [2.75, 3.05) is 26.3 Å². The third-order valence-electron chi connectivity index (χ3n) is 14.2. The molecule has 7 fully saturated rings. The Morgan fingerprint density at radius 3 is 2.49 bits per heavy atom. The fraction of sp³-hybridized carbons (Fsp3) is 1.00. The second-order valence-electron chi connectivity index (χ2n) is 15.4. The van der Waals surface area contributed by atoms with E-state index in [1.165, 1.54) is 38.5 Å². The zero-order chi connectivity index (χ0) is 26.0. The second-order valence-corrected chi connectivity index (χ2v) is 15.4. The van der Waals surface area contributed by atoms with Crippen LogP contribution in [0.1, 0.15) is 86.0 Å². The Bertz CT molecular complexity index is 921. The summed E-state index contributed by atoms with van der Waals surface area (Å²) in [5.41, 5.74) is 0.854. The van der Waals surface area contributed by atoms with E-state index in [1.54, 1.807) is 0 Å². The lowest BCUT2D eigenvalue weighted by molar-refractivity contribution is -0.237. The highest BCUT2D eigenvalue weighted by Gasteiger charge is 2.84. The number of aliphatic hydroxyl groups is 2. The fourth-order valence-corrected chi connectivity index (χ4v) is 12.6. The maximum atomic E-state index is 12.1. The Labute approximate surface area is 223 Å². The molecule has 0 aromatic carbocycles. The molecule has 7 aliphatic rings. The molecule has 7 rings (SSSR count). The van der Waals surface area contributed by atoms with Gasteiger partial charge in [0.05, 0.1) is 37.6 Å². The summed E-state index contributed by atoms with van der Waals surface area (Å²) in [6, 6.07) is 0. The molecule has 210 valence electrons. The summed E-state index contributed by atoms with van der Waals surface area (Å²) in [5, 5.41) is 25.5. The lowest BCUT2D eigenvalue weighted by Gasteiger charge is -2.63. The summed E-state index contributed by atoms with van der Waals surface area (Å²) in [6.45, 7) is 14.8. The van der Waals surface area contributed by atoms with E-state index in [9.17, 15) is 10.2 Å². The molecule has 2 saturated heterocycles. The van der Waals surface area contributed by atoms with Gasteiger partial charge >= 0.3 is 0 Å². The van der Waals surface area contributed by atoms with Crippen molar-refractivity contribution < 1.29 is 24.4 Å². The Morgan fingerprint density at radius 1 is 1.00 bits per heavy atom. The predicted molar refractivity (Wildman–Crippen MR) is 141 cm³/mol. The molecule has 0 amide bonds. The predicted octanol–water partition coefficient (Wildman–Crippen LogP) is 4.12. The van der Waals surface area contributed by atoms with Crippen molar-refractivity contribution in [3.63, 3.8) is 0 Å². The number of morpholine rings is 1.